The highest BCUT2D eigenvalue weighted by atomic mass is 15.3. The molecular formula is C21H20N6. The number of nitrogen functional groups attached to an aromatic ring is 2. The Bertz CT molecular complexity index is 1160. The maximum Gasteiger partial charge on any atom is 0.186 e. The van der Waals surface area contributed by atoms with E-state index >= 15 is 0 Å². The van der Waals surface area contributed by atoms with Gasteiger partial charge in [0, 0.05) is 17.8 Å². The van der Waals surface area contributed by atoms with Crippen LogP contribution >= 0.6 is 0 Å². The third-order valence-corrected chi connectivity index (χ3v) is 5.57. The van der Waals surface area contributed by atoms with Crippen LogP contribution in [-0.2, 0) is 6.42 Å². The van der Waals surface area contributed by atoms with Gasteiger partial charge in [-0.1, -0.05) is 36.4 Å². The lowest BCUT2D eigenvalue weighted by Gasteiger charge is -2.22. The minimum absolute atomic E-state index is 0.137. The van der Waals surface area contributed by atoms with Crippen LogP contribution in [0.15, 0.2) is 55.0 Å². The molecule has 1 aliphatic carbocycles. The van der Waals surface area contributed by atoms with Crippen molar-refractivity contribution in [2.24, 2.45) is 0 Å². The van der Waals surface area contributed by atoms with E-state index in [1.807, 2.05) is 17.8 Å². The van der Waals surface area contributed by atoms with Gasteiger partial charge in [0.25, 0.3) is 0 Å². The van der Waals surface area contributed by atoms with Gasteiger partial charge in [0.2, 0.25) is 0 Å². The number of nitrogens with zero attached hydrogens (tertiary/aromatic N) is 4. The number of nitrogens with two attached hydrogens (primary N) is 2. The van der Waals surface area contributed by atoms with Crippen LogP contribution < -0.4 is 11.5 Å². The standard InChI is InChI=1S/C21H20N6/c1-12-6-7-14(8-17(12)22)19-15-5-3-2-4-13(15)9-18(19)27-10-16-20(23)24-11-25-21(16)26-27/h2-8,10-11,18-19H,9,22H2,1H3,(H2,23,24,25,26). The number of anilines is 2. The van der Waals surface area contributed by atoms with Crippen molar-refractivity contribution in [3.05, 3.63) is 77.2 Å². The number of aromatic nitrogens is 4. The third kappa shape index (κ3) is 2.44. The van der Waals surface area contributed by atoms with Crippen LogP contribution in [-0.4, -0.2) is 19.7 Å². The molecule has 6 heteroatoms. The highest BCUT2D eigenvalue weighted by Gasteiger charge is 2.35. The SMILES string of the molecule is Cc1ccc(C2c3ccccc3CC2n2cc3c(N)ncnc3n2)cc1N. The van der Waals surface area contributed by atoms with Gasteiger partial charge >= 0.3 is 0 Å². The van der Waals surface area contributed by atoms with Crippen molar-refractivity contribution in [2.45, 2.75) is 25.3 Å². The van der Waals surface area contributed by atoms with Crippen LogP contribution in [0.4, 0.5) is 11.5 Å². The highest BCUT2D eigenvalue weighted by molar-refractivity contribution is 5.84. The lowest BCUT2D eigenvalue weighted by Crippen LogP contribution is -2.16. The molecule has 4 aromatic rings. The second-order valence-corrected chi connectivity index (χ2v) is 7.17. The smallest absolute Gasteiger partial charge is 0.186 e. The molecule has 27 heavy (non-hydrogen) atoms. The number of rotatable bonds is 2. The predicted molar refractivity (Wildman–Crippen MR) is 106 cm³/mol. The first kappa shape index (κ1) is 15.8. The van der Waals surface area contributed by atoms with Crippen molar-refractivity contribution in [1.82, 2.24) is 19.7 Å². The summed E-state index contributed by atoms with van der Waals surface area (Å²) in [6.45, 7) is 2.03. The van der Waals surface area contributed by atoms with Gasteiger partial charge in [-0.3, -0.25) is 4.68 Å². The summed E-state index contributed by atoms with van der Waals surface area (Å²) in [6.07, 6.45) is 4.32. The molecule has 0 saturated carbocycles. The van der Waals surface area contributed by atoms with Gasteiger partial charge in [-0.25, -0.2) is 9.97 Å². The Morgan fingerprint density at radius 3 is 2.74 bits per heavy atom. The number of benzene rings is 2. The zero-order valence-electron chi connectivity index (χ0n) is 15.0. The molecule has 2 atom stereocenters. The summed E-state index contributed by atoms with van der Waals surface area (Å²) in [4.78, 5) is 8.35. The van der Waals surface area contributed by atoms with E-state index < -0.39 is 0 Å². The van der Waals surface area contributed by atoms with Gasteiger partial charge in [-0.05, 0) is 41.7 Å². The summed E-state index contributed by atoms with van der Waals surface area (Å²) in [5, 5.41) is 5.50. The molecule has 5 rings (SSSR count). The normalized spacial score (nSPS) is 18.7. The maximum atomic E-state index is 6.22. The Labute approximate surface area is 156 Å². The summed E-state index contributed by atoms with van der Waals surface area (Å²) in [7, 11) is 0. The van der Waals surface area contributed by atoms with E-state index in [0.717, 1.165) is 23.1 Å². The zero-order valence-corrected chi connectivity index (χ0v) is 15.0. The van der Waals surface area contributed by atoms with E-state index in [0.29, 0.717) is 11.5 Å². The number of hydrogen-bond acceptors (Lipinski definition) is 5. The first-order chi connectivity index (χ1) is 13.1. The van der Waals surface area contributed by atoms with Gasteiger partial charge in [-0.15, -0.1) is 0 Å². The quantitative estimate of drug-likeness (QED) is 0.538. The van der Waals surface area contributed by atoms with Crippen LogP contribution in [0.25, 0.3) is 11.0 Å². The molecule has 2 aromatic heterocycles. The summed E-state index contributed by atoms with van der Waals surface area (Å²) < 4.78 is 2.00. The zero-order chi connectivity index (χ0) is 18.5. The molecule has 0 bridgehead atoms. The molecule has 134 valence electrons. The Morgan fingerprint density at radius 1 is 1.07 bits per heavy atom. The summed E-state index contributed by atoms with van der Waals surface area (Å²) in [5.74, 6) is 0.630. The molecule has 4 N–H and O–H groups in total. The Hall–Kier alpha value is -3.41. The van der Waals surface area contributed by atoms with Crippen molar-refractivity contribution >= 4 is 22.5 Å². The fourth-order valence-corrected chi connectivity index (χ4v) is 4.12. The minimum Gasteiger partial charge on any atom is -0.399 e. The molecule has 1 aliphatic rings. The van der Waals surface area contributed by atoms with Crippen molar-refractivity contribution in [2.75, 3.05) is 11.5 Å². The monoisotopic (exact) mass is 356 g/mol. The molecule has 0 spiro atoms. The molecular weight excluding hydrogens is 336 g/mol. The van der Waals surface area contributed by atoms with E-state index in [2.05, 4.69) is 52.4 Å². The first-order valence-corrected chi connectivity index (χ1v) is 9.01. The van der Waals surface area contributed by atoms with Crippen LogP contribution in [0.5, 0.6) is 0 Å². The van der Waals surface area contributed by atoms with Crippen molar-refractivity contribution < 1.29 is 0 Å². The molecule has 2 aromatic carbocycles. The summed E-state index contributed by atoms with van der Waals surface area (Å²) in [5.41, 5.74) is 18.6. The molecule has 0 aliphatic heterocycles. The average molecular weight is 356 g/mol. The minimum atomic E-state index is 0.137. The lowest BCUT2D eigenvalue weighted by atomic mass is 9.89. The predicted octanol–water partition coefficient (Wildman–Crippen LogP) is 3.23. The van der Waals surface area contributed by atoms with Crippen molar-refractivity contribution in [3.63, 3.8) is 0 Å². The first-order valence-electron chi connectivity index (χ1n) is 9.01. The Morgan fingerprint density at radius 2 is 1.93 bits per heavy atom. The number of fused-ring (bicyclic) bond motifs is 2. The van der Waals surface area contributed by atoms with Crippen molar-refractivity contribution in [3.8, 4) is 0 Å². The largest absolute Gasteiger partial charge is 0.399 e. The topological polar surface area (TPSA) is 95.6 Å². The van der Waals surface area contributed by atoms with Crippen molar-refractivity contribution in [1.29, 1.82) is 0 Å². The van der Waals surface area contributed by atoms with Gasteiger partial charge < -0.3 is 11.5 Å². The van der Waals surface area contributed by atoms with Crippen LogP contribution in [0.3, 0.4) is 0 Å². The molecule has 2 heterocycles. The van der Waals surface area contributed by atoms with Gasteiger partial charge in [-0.2, -0.15) is 5.10 Å². The van der Waals surface area contributed by atoms with E-state index in [-0.39, 0.29) is 12.0 Å². The van der Waals surface area contributed by atoms with Gasteiger partial charge in [0.05, 0.1) is 11.4 Å². The maximum absolute atomic E-state index is 6.22. The van der Waals surface area contributed by atoms with E-state index in [4.69, 9.17) is 16.6 Å². The molecule has 2 unspecified atom stereocenters. The summed E-state index contributed by atoms with van der Waals surface area (Å²) in [6, 6.07) is 15.1. The van der Waals surface area contributed by atoms with Gasteiger partial charge in [0.15, 0.2) is 5.65 Å². The Balaban J connectivity index is 1.68. The Kier molecular flexibility index (Phi) is 3.40. The van der Waals surface area contributed by atoms with Crippen LogP contribution in [0.2, 0.25) is 0 Å². The van der Waals surface area contributed by atoms with Crippen LogP contribution in [0.1, 0.15) is 34.2 Å². The van der Waals surface area contributed by atoms with Crippen LogP contribution in [0, 0.1) is 6.92 Å². The van der Waals surface area contributed by atoms with E-state index in [1.54, 1.807) is 0 Å². The molecule has 0 saturated heterocycles. The number of hydrogen-bond donors (Lipinski definition) is 2. The second kappa shape index (κ2) is 5.81. The summed E-state index contributed by atoms with van der Waals surface area (Å²) >= 11 is 0. The molecule has 0 fully saturated rings. The third-order valence-electron chi connectivity index (χ3n) is 5.57. The fraction of sp³-hybridized carbons (Fsp3) is 0.190. The van der Waals surface area contributed by atoms with Gasteiger partial charge in [0.1, 0.15) is 12.1 Å². The molecule has 0 amide bonds. The number of aryl methyl sites for hydroxylation is 1. The highest BCUT2D eigenvalue weighted by Crippen LogP contribution is 2.45. The molecule has 6 nitrogen and oxygen atoms in total. The lowest BCUT2D eigenvalue weighted by molar-refractivity contribution is 0.439. The average Bonchev–Trinajstić information content (AvgIpc) is 3.26. The molecule has 0 radical (unpaired) electrons. The van der Waals surface area contributed by atoms with E-state index in [1.165, 1.54) is 23.0 Å². The van der Waals surface area contributed by atoms with E-state index in [9.17, 15) is 0 Å². The fourth-order valence-electron chi connectivity index (χ4n) is 4.12. The second-order valence-electron chi connectivity index (χ2n) is 7.17.